The maximum Gasteiger partial charge on any atom is 0.325 e. The van der Waals surface area contributed by atoms with Crippen molar-refractivity contribution in [2.24, 2.45) is 5.73 Å². The molecule has 0 rings (SSSR count). The predicted octanol–water partition coefficient (Wildman–Crippen LogP) is 1.08. The van der Waals surface area contributed by atoms with E-state index in [0.717, 1.165) is 12.8 Å². The summed E-state index contributed by atoms with van der Waals surface area (Å²) in [5.41, 5.74) is 5.47. The van der Waals surface area contributed by atoms with Crippen molar-refractivity contribution in [2.45, 2.75) is 38.6 Å². The van der Waals surface area contributed by atoms with Gasteiger partial charge in [0.1, 0.15) is 6.04 Å². The highest BCUT2D eigenvalue weighted by atomic mass is 16.5. The third kappa shape index (κ3) is 6.86. The number of rotatable bonds is 8. The fraction of sp³-hybridized carbons (Fsp3) is 0.900. The molecule has 1 atom stereocenters. The van der Waals surface area contributed by atoms with E-state index in [1.165, 1.54) is 20.0 Å². The molecule has 0 aliphatic rings. The Morgan fingerprint density at radius 3 is 2.64 bits per heavy atom. The number of methoxy groups -OCH3 is 1. The first-order valence-corrected chi connectivity index (χ1v) is 5.13. The molecular formula is C10H21NO3. The molecule has 0 saturated carbocycles. The monoisotopic (exact) mass is 203 g/mol. The van der Waals surface area contributed by atoms with Crippen LogP contribution in [0, 0.1) is 0 Å². The number of carbonyl (C=O) groups is 1. The maximum atomic E-state index is 11.1. The number of carbonyl (C=O) groups excluding carboxylic acids is 1. The third-order valence-corrected chi connectivity index (χ3v) is 1.89. The Balaban J connectivity index is 3.34. The Kier molecular flexibility index (Phi) is 8.57. The van der Waals surface area contributed by atoms with Crippen LogP contribution in [0.5, 0.6) is 0 Å². The highest BCUT2D eigenvalue weighted by molar-refractivity contribution is 5.75. The molecule has 0 spiro atoms. The summed E-state index contributed by atoms with van der Waals surface area (Å²) in [6, 6.07) is -0.647. The van der Waals surface area contributed by atoms with E-state index in [1.54, 1.807) is 0 Å². The van der Waals surface area contributed by atoms with Crippen LogP contribution >= 0.6 is 0 Å². The van der Waals surface area contributed by atoms with E-state index in [9.17, 15) is 4.79 Å². The van der Waals surface area contributed by atoms with Crippen LogP contribution in [0.15, 0.2) is 0 Å². The van der Waals surface area contributed by atoms with E-state index < -0.39 is 6.04 Å². The Bertz CT molecular complexity index is 150. The van der Waals surface area contributed by atoms with Gasteiger partial charge in [-0.15, -0.1) is 0 Å². The van der Waals surface area contributed by atoms with E-state index in [0.29, 0.717) is 6.61 Å². The molecule has 0 aromatic heterocycles. The van der Waals surface area contributed by atoms with E-state index in [1.807, 2.05) is 0 Å². The molecule has 0 aromatic rings. The number of hydrogen-bond acceptors (Lipinski definition) is 4. The van der Waals surface area contributed by atoms with Crippen molar-refractivity contribution >= 4 is 5.97 Å². The van der Waals surface area contributed by atoms with Crippen molar-refractivity contribution in [3.63, 3.8) is 0 Å². The first kappa shape index (κ1) is 13.4. The summed E-state index contributed by atoms with van der Waals surface area (Å²) in [7, 11) is 1.51. The summed E-state index contributed by atoms with van der Waals surface area (Å²) in [4.78, 5) is 11.1. The lowest BCUT2D eigenvalue weighted by Crippen LogP contribution is -2.36. The van der Waals surface area contributed by atoms with Gasteiger partial charge in [-0.1, -0.05) is 26.2 Å². The van der Waals surface area contributed by atoms with Crippen molar-refractivity contribution < 1.29 is 14.3 Å². The molecule has 0 bridgehead atoms. The summed E-state index contributed by atoms with van der Waals surface area (Å²) in [6.45, 7) is 2.82. The lowest BCUT2D eigenvalue weighted by Gasteiger charge is -2.09. The molecule has 1 unspecified atom stereocenters. The summed E-state index contributed by atoms with van der Waals surface area (Å²) in [5.74, 6) is -0.372. The van der Waals surface area contributed by atoms with Crippen LogP contribution in [0.4, 0.5) is 0 Å². The number of nitrogens with two attached hydrogens (primary N) is 1. The van der Waals surface area contributed by atoms with Crippen LogP contribution in [0.25, 0.3) is 0 Å². The third-order valence-electron chi connectivity index (χ3n) is 1.89. The molecule has 84 valence electrons. The lowest BCUT2D eigenvalue weighted by atomic mass is 10.2. The van der Waals surface area contributed by atoms with Crippen LogP contribution in [-0.2, 0) is 14.3 Å². The maximum absolute atomic E-state index is 11.1. The van der Waals surface area contributed by atoms with Crippen LogP contribution in [0.3, 0.4) is 0 Å². The standard InChI is InChI=1S/C10H21NO3/c1-3-4-5-6-7-14-10(12)9(11)8-13-2/h9H,3-8,11H2,1-2H3. The van der Waals surface area contributed by atoms with Gasteiger partial charge in [0.25, 0.3) is 0 Å². The zero-order valence-corrected chi connectivity index (χ0v) is 9.12. The van der Waals surface area contributed by atoms with Gasteiger partial charge in [-0.2, -0.15) is 0 Å². The van der Waals surface area contributed by atoms with Crippen molar-refractivity contribution in [3.8, 4) is 0 Å². The number of esters is 1. The quantitative estimate of drug-likeness (QED) is 0.473. The minimum Gasteiger partial charge on any atom is -0.464 e. The molecular weight excluding hydrogens is 182 g/mol. The molecule has 0 radical (unpaired) electrons. The Hall–Kier alpha value is -0.610. The topological polar surface area (TPSA) is 61.5 Å². The SMILES string of the molecule is CCCCCCOC(=O)C(N)COC. The molecule has 0 heterocycles. The van der Waals surface area contributed by atoms with Crippen LogP contribution in [0.2, 0.25) is 0 Å². The van der Waals surface area contributed by atoms with Crippen molar-refractivity contribution in [1.29, 1.82) is 0 Å². The van der Waals surface area contributed by atoms with Gasteiger partial charge in [0, 0.05) is 7.11 Å². The lowest BCUT2D eigenvalue weighted by molar-refractivity contribution is -0.146. The normalized spacial score (nSPS) is 12.5. The number of hydrogen-bond donors (Lipinski definition) is 1. The summed E-state index contributed by atoms with van der Waals surface area (Å²) in [6.07, 6.45) is 4.38. The summed E-state index contributed by atoms with van der Waals surface area (Å²) < 4.78 is 9.70. The first-order chi connectivity index (χ1) is 6.72. The van der Waals surface area contributed by atoms with Gasteiger partial charge in [-0.25, -0.2) is 0 Å². The average molecular weight is 203 g/mol. The molecule has 0 fully saturated rings. The van der Waals surface area contributed by atoms with Gasteiger partial charge >= 0.3 is 5.97 Å². The zero-order valence-electron chi connectivity index (χ0n) is 9.12. The number of ether oxygens (including phenoxy) is 2. The summed E-state index contributed by atoms with van der Waals surface area (Å²) in [5, 5.41) is 0. The molecule has 2 N–H and O–H groups in total. The van der Waals surface area contributed by atoms with Crippen LogP contribution in [-0.4, -0.2) is 32.3 Å². The van der Waals surface area contributed by atoms with Gasteiger partial charge in [-0.3, -0.25) is 4.79 Å². The molecule has 0 amide bonds. The molecule has 0 aromatic carbocycles. The van der Waals surface area contributed by atoms with Crippen molar-refractivity contribution in [3.05, 3.63) is 0 Å². The van der Waals surface area contributed by atoms with Gasteiger partial charge in [0.15, 0.2) is 0 Å². The minimum atomic E-state index is -0.647. The second-order valence-corrected chi connectivity index (χ2v) is 3.29. The molecule has 0 saturated heterocycles. The molecule has 0 aliphatic carbocycles. The highest BCUT2D eigenvalue weighted by Gasteiger charge is 2.13. The van der Waals surface area contributed by atoms with E-state index >= 15 is 0 Å². The fourth-order valence-electron chi connectivity index (χ4n) is 1.06. The zero-order chi connectivity index (χ0) is 10.8. The second-order valence-electron chi connectivity index (χ2n) is 3.29. The highest BCUT2D eigenvalue weighted by Crippen LogP contribution is 1.99. The van der Waals surface area contributed by atoms with E-state index in [-0.39, 0.29) is 12.6 Å². The van der Waals surface area contributed by atoms with Gasteiger partial charge in [0.05, 0.1) is 13.2 Å². The fourth-order valence-corrected chi connectivity index (χ4v) is 1.06. The molecule has 4 heteroatoms. The Morgan fingerprint density at radius 1 is 1.36 bits per heavy atom. The van der Waals surface area contributed by atoms with Crippen LogP contribution in [0.1, 0.15) is 32.6 Å². The van der Waals surface area contributed by atoms with Gasteiger partial charge in [-0.05, 0) is 6.42 Å². The largest absolute Gasteiger partial charge is 0.464 e. The van der Waals surface area contributed by atoms with E-state index in [4.69, 9.17) is 15.2 Å². The van der Waals surface area contributed by atoms with Crippen molar-refractivity contribution in [2.75, 3.05) is 20.3 Å². The Morgan fingerprint density at radius 2 is 2.07 bits per heavy atom. The average Bonchev–Trinajstić information content (AvgIpc) is 2.17. The molecule has 14 heavy (non-hydrogen) atoms. The Labute approximate surface area is 85.8 Å². The molecule has 4 nitrogen and oxygen atoms in total. The number of unbranched alkanes of at least 4 members (excludes halogenated alkanes) is 3. The van der Waals surface area contributed by atoms with E-state index in [2.05, 4.69) is 6.92 Å². The summed E-state index contributed by atoms with van der Waals surface area (Å²) >= 11 is 0. The van der Waals surface area contributed by atoms with Gasteiger partial charge < -0.3 is 15.2 Å². The van der Waals surface area contributed by atoms with Crippen molar-refractivity contribution in [1.82, 2.24) is 0 Å². The minimum absolute atomic E-state index is 0.216. The van der Waals surface area contributed by atoms with Crippen LogP contribution < -0.4 is 5.73 Å². The first-order valence-electron chi connectivity index (χ1n) is 5.13. The smallest absolute Gasteiger partial charge is 0.325 e. The molecule has 0 aliphatic heterocycles. The predicted molar refractivity (Wildman–Crippen MR) is 55.0 cm³/mol. The van der Waals surface area contributed by atoms with Gasteiger partial charge in [0.2, 0.25) is 0 Å². The second kappa shape index (κ2) is 8.97.